The standard InChI is InChI=1S/C5H14NO13P3.C4H9N3.CH5N/c6-5-4(8)3(7)2(17-5)1-16-21(12,13)19-22(14,15)18-20(9,10)11;1-4(5)7-3-6-2;1-2/h2-5,7-8H,1,6H2,(H,12,13)(H,14,15)(H2,9,10,11);3H,1-2H3,(H2,5,6,7);2H2,1H3/p+1/t2-,3-,4-,5-;;/m1../s1. The summed E-state index contributed by atoms with van der Waals surface area (Å²) in [6.45, 7) is 0.837. The minimum Gasteiger partial charge on any atom is -0.387 e. The van der Waals surface area contributed by atoms with Crippen LogP contribution in [0.15, 0.2) is 4.99 Å². The van der Waals surface area contributed by atoms with Gasteiger partial charge in [0.15, 0.2) is 0 Å². The van der Waals surface area contributed by atoms with Gasteiger partial charge in [0, 0.05) is 6.92 Å². The Hall–Kier alpha value is -0.650. The molecule has 31 heavy (non-hydrogen) atoms. The fourth-order valence-electron chi connectivity index (χ4n) is 1.55. The largest absolute Gasteiger partial charge is 0.490 e. The monoisotopic (exact) mass is 520 g/mol. The maximum Gasteiger partial charge on any atom is 0.490 e. The zero-order valence-corrected chi connectivity index (χ0v) is 19.3. The lowest BCUT2D eigenvalue weighted by atomic mass is 10.1. The minimum absolute atomic E-state index is 0.564. The number of hydrogen-bond donors (Lipinski definition) is 10. The predicted molar refractivity (Wildman–Crippen MR) is 105 cm³/mol. The van der Waals surface area contributed by atoms with Gasteiger partial charge in [-0.1, -0.05) is 0 Å². The van der Waals surface area contributed by atoms with Gasteiger partial charge < -0.3 is 51.7 Å². The first-order valence-electron chi connectivity index (χ1n) is 7.92. The number of phosphoric acid groups is 3. The van der Waals surface area contributed by atoms with Gasteiger partial charge >= 0.3 is 23.5 Å². The van der Waals surface area contributed by atoms with Crippen molar-refractivity contribution >= 4 is 35.6 Å². The molecule has 1 saturated heterocycles. The number of aliphatic hydroxyl groups is 2. The first-order valence-corrected chi connectivity index (χ1v) is 12.4. The molecule has 1 heterocycles. The zero-order chi connectivity index (χ0) is 25.0. The molecule has 2 unspecified atom stereocenters. The topological polar surface area (TPSA) is 314 Å². The Labute approximate surface area is 177 Å². The number of aliphatic hydroxyl groups excluding tert-OH is 2. The Balaban J connectivity index is 0. The Morgan fingerprint density at radius 3 is 1.94 bits per heavy atom. The molecule has 1 aliphatic rings. The van der Waals surface area contributed by atoms with E-state index in [2.05, 4.69) is 28.9 Å². The van der Waals surface area contributed by atoms with Gasteiger partial charge in [-0.3, -0.25) is 9.52 Å². The van der Waals surface area contributed by atoms with Gasteiger partial charge in [0.05, 0.1) is 13.7 Å². The number of nitrogens with zero attached hydrogens (tertiary/aromatic N) is 1. The second-order valence-electron chi connectivity index (χ2n) is 5.20. The molecule has 0 saturated carbocycles. The van der Waals surface area contributed by atoms with Gasteiger partial charge in [-0.05, 0) is 12.0 Å². The highest BCUT2D eigenvalue weighted by Gasteiger charge is 2.44. The summed E-state index contributed by atoms with van der Waals surface area (Å²) in [5, 5.41) is 18.7. The van der Waals surface area contributed by atoms with Gasteiger partial charge in [0.2, 0.25) is 5.84 Å². The van der Waals surface area contributed by atoms with Crippen molar-refractivity contribution < 1.29 is 66.4 Å². The molecule has 0 aliphatic carbocycles. The van der Waals surface area contributed by atoms with Crippen molar-refractivity contribution in [2.75, 3.05) is 20.7 Å². The summed E-state index contributed by atoms with van der Waals surface area (Å²) in [6.07, 6.45) is -4.16. The van der Waals surface area contributed by atoms with Crippen molar-refractivity contribution in [2.45, 2.75) is 31.5 Å². The van der Waals surface area contributed by atoms with Crippen LogP contribution in [-0.4, -0.2) is 87.2 Å². The Morgan fingerprint density at radius 2 is 1.61 bits per heavy atom. The molecule has 0 aromatic rings. The SMILES string of the molecule is CN.C[NH+]=CN=C(C)N.N[C@@H]1O[C@H](COP(=O)(O)OP(=O)(O)OP(=O)(O)O)[C@@H](O)[C@H]1O. The molecule has 186 valence electrons. The number of phosphoric ester groups is 1. The quantitative estimate of drug-likeness (QED) is 0.0817. The van der Waals surface area contributed by atoms with E-state index in [1.165, 1.54) is 13.4 Å². The third-order valence-electron chi connectivity index (χ3n) is 2.61. The van der Waals surface area contributed by atoms with Crippen molar-refractivity contribution in [1.29, 1.82) is 0 Å². The van der Waals surface area contributed by atoms with Crippen LogP contribution < -0.4 is 22.2 Å². The van der Waals surface area contributed by atoms with E-state index in [4.69, 9.17) is 35.8 Å². The molecule has 6 atom stereocenters. The number of nitrogens with one attached hydrogen (secondary N) is 1. The van der Waals surface area contributed by atoms with Gasteiger partial charge in [0.1, 0.15) is 24.5 Å². The molecule has 1 rings (SSSR count). The molecular formula is C10H29N5O13P3+. The molecule has 0 spiro atoms. The van der Waals surface area contributed by atoms with Crippen LogP contribution in [-0.2, 0) is 31.6 Å². The lowest BCUT2D eigenvalue weighted by Gasteiger charge is -2.18. The summed E-state index contributed by atoms with van der Waals surface area (Å²) < 4.78 is 48.7. The first kappa shape index (κ1) is 32.5. The molecule has 18 nitrogen and oxygen atoms in total. The molecule has 1 aliphatic heterocycles. The summed E-state index contributed by atoms with van der Waals surface area (Å²) in [6, 6.07) is 0. The van der Waals surface area contributed by atoms with Crippen LogP contribution in [0.5, 0.6) is 0 Å². The number of rotatable bonds is 8. The molecule has 21 heteroatoms. The van der Waals surface area contributed by atoms with E-state index in [1.807, 2.05) is 0 Å². The van der Waals surface area contributed by atoms with E-state index < -0.39 is 54.6 Å². The van der Waals surface area contributed by atoms with E-state index in [0.717, 1.165) is 0 Å². The van der Waals surface area contributed by atoms with Crippen molar-refractivity contribution in [2.24, 2.45) is 22.2 Å². The third-order valence-corrected chi connectivity index (χ3v) is 6.42. The van der Waals surface area contributed by atoms with Crippen molar-refractivity contribution in [3.05, 3.63) is 0 Å². The summed E-state index contributed by atoms with van der Waals surface area (Å²) in [5.74, 6) is 0.564. The summed E-state index contributed by atoms with van der Waals surface area (Å²) in [7, 11) is -13.1. The molecule has 0 radical (unpaired) electrons. The second kappa shape index (κ2) is 14.5. The van der Waals surface area contributed by atoms with Crippen LogP contribution in [0.3, 0.4) is 0 Å². The molecular weight excluding hydrogens is 491 g/mol. The first-order chi connectivity index (χ1) is 14.0. The van der Waals surface area contributed by atoms with E-state index in [1.54, 1.807) is 14.0 Å². The fraction of sp³-hybridized carbons (Fsp3) is 0.800. The summed E-state index contributed by atoms with van der Waals surface area (Å²) in [4.78, 5) is 41.1. The van der Waals surface area contributed by atoms with Crippen LogP contribution >= 0.6 is 23.5 Å². The van der Waals surface area contributed by atoms with Crippen molar-refractivity contribution in [1.82, 2.24) is 0 Å². The van der Waals surface area contributed by atoms with Gasteiger partial charge in [-0.2, -0.15) is 8.62 Å². The van der Waals surface area contributed by atoms with Gasteiger partial charge in [-0.25, -0.2) is 13.7 Å². The molecule has 0 bridgehead atoms. The van der Waals surface area contributed by atoms with Crippen molar-refractivity contribution in [3.8, 4) is 0 Å². The van der Waals surface area contributed by atoms with Gasteiger partial charge in [0.25, 0.3) is 6.34 Å². The molecule has 0 aromatic carbocycles. The number of ether oxygens (including phenoxy) is 1. The Kier molecular flexibility index (Phi) is 15.2. The lowest BCUT2D eigenvalue weighted by molar-refractivity contribution is -0.414. The predicted octanol–water partition coefficient (Wildman–Crippen LogP) is -4.59. The molecule has 1 fully saturated rings. The van der Waals surface area contributed by atoms with Crippen LogP contribution in [0.1, 0.15) is 6.92 Å². The van der Waals surface area contributed by atoms with E-state index in [0.29, 0.717) is 5.84 Å². The highest BCUT2D eigenvalue weighted by Crippen LogP contribution is 2.66. The highest BCUT2D eigenvalue weighted by atomic mass is 31.3. The van der Waals surface area contributed by atoms with Crippen LogP contribution in [0.25, 0.3) is 0 Å². The minimum atomic E-state index is -5.61. The normalized spacial score (nSPS) is 28.0. The Bertz CT molecular complexity index is 727. The fourth-order valence-corrected chi connectivity index (χ4v) is 4.58. The van der Waals surface area contributed by atoms with E-state index >= 15 is 0 Å². The second-order valence-corrected chi connectivity index (χ2v) is 9.62. The summed E-state index contributed by atoms with van der Waals surface area (Å²) >= 11 is 0. The number of amidine groups is 1. The number of hydrogen-bond acceptors (Lipinski definition) is 11. The van der Waals surface area contributed by atoms with Crippen LogP contribution in [0.2, 0.25) is 0 Å². The molecule has 13 N–H and O–H groups in total. The van der Waals surface area contributed by atoms with E-state index in [9.17, 15) is 23.9 Å². The maximum absolute atomic E-state index is 11.4. The smallest absolute Gasteiger partial charge is 0.387 e. The zero-order valence-electron chi connectivity index (χ0n) is 16.7. The number of nitrogens with two attached hydrogens (primary N) is 3. The lowest BCUT2D eigenvalue weighted by Crippen LogP contribution is -2.62. The molecule has 0 amide bonds. The average Bonchev–Trinajstić information content (AvgIpc) is 2.84. The molecule has 0 aromatic heterocycles. The maximum atomic E-state index is 11.4. The third kappa shape index (κ3) is 15.7. The average molecular weight is 520 g/mol. The summed E-state index contributed by atoms with van der Waals surface area (Å²) in [5.41, 5.74) is 14.9. The Morgan fingerprint density at radius 1 is 1.10 bits per heavy atom. The van der Waals surface area contributed by atoms with Crippen LogP contribution in [0.4, 0.5) is 0 Å². The van der Waals surface area contributed by atoms with Crippen LogP contribution in [0, 0.1) is 0 Å². The highest BCUT2D eigenvalue weighted by molar-refractivity contribution is 7.66. The van der Waals surface area contributed by atoms with Crippen molar-refractivity contribution in [3.63, 3.8) is 0 Å². The van der Waals surface area contributed by atoms with Gasteiger partial charge in [-0.15, -0.1) is 0 Å². The number of aliphatic imine (C=N–C) groups is 1. The van der Waals surface area contributed by atoms with E-state index in [-0.39, 0.29) is 0 Å².